The van der Waals surface area contributed by atoms with Crippen molar-refractivity contribution in [3.63, 3.8) is 0 Å². The monoisotopic (exact) mass is 222 g/mol. The van der Waals surface area contributed by atoms with Gasteiger partial charge in [-0.05, 0) is 32.9 Å². The molecule has 0 fully saturated rings. The van der Waals surface area contributed by atoms with Crippen molar-refractivity contribution in [3.05, 3.63) is 35.9 Å². The van der Waals surface area contributed by atoms with Gasteiger partial charge in [0.25, 0.3) is 0 Å². The zero-order valence-corrected chi connectivity index (χ0v) is 9.93. The van der Waals surface area contributed by atoms with Gasteiger partial charge < -0.3 is 0 Å². The van der Waals surface area contributed by atoms with Gasteiger partial charge in [-0.1, -0.05) is 24.1 Å². The van der Waals surface area contributed by atoms with Crippen molar-refractivity contribution in [2.24, 2.45) is 0 Å². The Morgan fingerprint density at radius 2 is 1.60 bits per heavy atom. The molecule has 0 unspecified atom stereocenters. The van der Waals surface area contributed by atoms with Crippen molar-refractivity contribution in [3.8, 4) is 11.2 Å². The van der Waals surface area contributed by atoms with Gasteiger partial charge in [0.05, 0.1) is 4.75 Å². The minimum absolute atomic E-state index is 0.713. The van der Waals surface area contributed by atoms with Crippen LogP contribution in [0.1, 0.15) is 26.3 Å². The number of hydrogen-bond donors (Lipinski definition) is 0. The Morgan fingerprint density at radius 1 is 1.07 bits per heavy atom. The average molecular weight is 222 g/mol. The van der Waals surface area contributed by atoms with Crippen LogP contribution in [0, 0.1) is 11.2 Å². The van der Waals surface area contributed by atoms with Gasteiger partial charge in [-0.2, -0.15) is 0 Å². The quantitative estimate of drug-likeness (QED) is 0.631. The average Bonchev–Trinajstić information content (AvgIpc) is 2.15. The van der Waals surface area contributed by atoms with Gasteiger partial charge in [0.15, 0.2) is 0 Å². The van der Waals surface area contributed by atoms with E-state index < -0.39 is 14.6 Å². The van der Waals surface area contributed by atoms with E-state index >= 15 is 0 Å². The summed E-state index contributed by atoms with van der Waals surface area (Å²) >= 11 is 0. The molecule has 80 valence electrons. The summed E-state index contributed by atoms with van der Waals surface area (Å²) < 4.78 is 22.5. The second-order valence-electron chi connectivity index (χ2n) is 4.21. The van der Waals surface area contributed by atoms with Gasteiger partial charge in [-0.25, -0.2) is 8.42 Å². The summed E-state index contributed by atoms with van der Waals surface area (Å²) in [7, 11) is -3.36. The third-order valence-corrected chi connectivity index (χ3v) is 3.89. The summed E-state index contributed by atoms with van der Waals surface area (Å²) in [5, 5.41) is 2.34. The molecule has 2 nitrogen and oxygen atoms in total. The van der Waals surface area contributed by atoms with E-state index in [1.807, 2.05) is 18.2 Å². The minimum atomic E-state index is -3.36. The summed E-state index contributed by atoms with van der Waals surface area (Å²) in [6, 6.07) is 9.08. The maximum absolute atomic E-state index is 11.7. The maximum Gasteiger partial charge on any atom is 0.222 e. The Labute approximate surface area is 91.2 Å². The van der Waals surface area contributed by atoms with E-state index in [1.54, 1.807) is 32.9 Å². The molecule has 15 heavy (non-hydrogen) atoms. The fourth-order valence-corrected chi connectivity index (χ4v) is 1.36. The standard InChI is InChI=1S/C12H14O2S/c1-12(2,3)15(13,14)10-9-11-7-5-4-6-8-11/h4-8H,1-3H3. The summed E-state index contributed by atoms with van der Waals surface area (Å²) in [5.74, 6) is 2.65. The van der Waals surface area contributed by atoms with Crippen LogP contribution < -0.4 is 0 Å². The van der Waals surface area contributed by atoms with E-state index in [9.17, 15) is 8.42 Å². The molecule has 0 bridgehead atoms. The summed E-state index contributed by atoms with van der Waals surface area (Å²) in [4.78, 5) is 0. The molecule has 0 N–H and O–H groups in total. The van der Waals surface area contributed by atoms with Gasteiger partial charge in [0, 0.05) is 10.8 Å². The lowest BCUT2D eigenvalue weighted by Crippen LogP contribution is -2.25. The third-order valence-electron chi connectivity index (χ3n) is 1.91. The van der Waals surface area contributed by atoms with E-state index in [-0.39, 0.29) is 0 Å². The molecule has 0 aliphatic rings. The largest absolute Gasteiger partial charge is 0.222 e. The SMILES string of the molecule is CC(C)(C)S(=O)(=O)C#Cc1ccccc1. The maximum atomic E-state index is 11.7. The van der Waals surface area contributed by atoms with E-state index in [2.05, 4.69) is 11.2 Å². The number of hydrogen-bond acceptors (Lipinski definition) is 2. The zero-order chi connectivity index (χ0) is 11.5. The van der Waals surface area contributed by atoms with Gasteiger partial charge in [-0.15, -0.1) is 0 Å². The van der Waals surface area contributed by atoms with Crippen molar-refractivity contribution in [1.82, 2.24) is 0 Å². The van der Waals surface area contributed by atoms with Crippen molar-refractivity contribution >= 4 is 9.84 Å². The van der Waals surface area contributed by atoms with E-state index in [1.165, 1.54) is 0 Å². The van der Waals surface area contributed by atoms with E-state index in [4.69, 9.17) is 0 Å². The van der Waals surface area contributed by atoms with Crippen LogP contribution in [0.25, 0.3) is 0 Å². The fourth-order valence-electron chi connectivity index (χ4n) is 0.801. The number of sulfone groups is 1. The molecule has 0 aliphatic heterocycles. The molecule has 1 rings (SSSR count). The first kappa shape index (κ1) is 11.8. The molecule has 1 aromatic carbocycles. The Kier molecular flexibility index (Phi) is 3.21. The van der Waals surface area contributed by atoms with E-state index in [0.29, 0.717) is 5.56 Å². The van der Waals surface area contributed by atoms with Crippen LogP contribution in [-0.4, -0.2) is 13.2 Å². The normalized spacial score (nSPS) is 11.7. The lowest BCUT2D eigenvalue weighted by Gasteiger charge is -2.13. The number of benzene rings is 1. The first-order valence-corrected chi connectivity index (χ1v) is 6.14. The van der Waals surface area contributed by atoms with Crippen LogP contribution in [0.5, 0.6) is 0 Å². The van der Waals surface area contributed by atoms with Crippen molar-refractivity contribution in [2.45, 2.75) is 25.5 Å². The Morgan fingerprint density at radius 3 is 2.07 bits per heavy atom. The predicted octanol–water partition coefficient (Wildman–Crippen LogP) is 2.21. The van der Waals surface area contributed by atoms with E-state index in [0.717, 1.165) is 0 Å². The molecule has 0 saturated heterocycles. The molecule has 0 amide bonds. The van der Waals surface area contributed by atoms with Crippen LogP contribution in [-0.2, 0) is 9.84 Å². The topological polar surface area (TPSA) is 34.1 Å². The summed E-state index contributed by atoms with van der Waals surface area (Å²) in [6.45, 7) is 4.92. The minimum Gasteiger partial charge on any atom is -0.215 e. The molecule has 1 aromatic rings. The van der Waals surface area contributed by atoms with Gasteiger partial charge >= 0.3 is 0 Å². The lowest BCUT2D eigenvalue weighted by molar-refractivity contribution is 0.571. The fraction of sp³-hybridized carbons (Fsp3) is 0.333. The highest BCUT2D eigenvalue weighted by atomic mass is 32.2. The highest BCUT2D eigenvalue weighted by molar-refractivity contribution is 7.97. The Balaban J connectivity index is 3.04. The Hall–Kier alpha value is -1.27. The first-order chi connectivity index (χ1) is 6.83. The van der Waals surface area contributed by atoms with Crippen LogP contribution in [0.15, 0.2) is 30.3 Å². The molecule has 0 heterocycles. The van der Waals surface area contributed by atoms with Crippen molar-refractivity contribution < 1.29 is 8.42 Å². The van der Waals surface area contributed by atoms with Gasteiger partial charge in [0.1, 0.15) is 0 Å². The summed E-state index contributed by atoms with van der Waals surface area (Å²) in [6.07, 6.45) is 0. The van der Waals surface area contributed by atoms with Gasteiger partial charge in [-0.3, -0.25) is 0 Å². The summed E-state index contributed by atoms with van der Waals surface area (Å²) in [5.41, 5.74) is 0.713. The highest BCUT2D eigenvalue weighted by Crippen LogP contribution is 2.14. The van der Waals surface area contributed by atoms with Crippen LogP contribution in [0.2, 0.25) is 0 Å². The number of rotatable bonds is 0. The van der Waals surface area contributed by atoms with Crippen molar-refractivity contribution in [2.75, 3.05) is 0 Å². The second kappa shape index (κ2) is 4.08. The lowest BCUT2D eigenvalue weighted by atomic mass is 10.2. The highest BCUT2D eigenvalue weighted by Gasteiger charge is 2.26. The molecule has 0 aliphatic carbocycles. The molecule has 0 spiro atoms. The van der Waals surface area contributed by atoms with Crippen molar-refractivity contribution in [1.29, 1.82) is 0 Å². The molecule has 0 atom stereocenters. The Bertz CT molecular complexity index is 482. The van der Waals surface area contributed by atoms with Gasteiger partial charge in [0.2, 0.25) is 9.84 Å². The van der Waals surface area contributed by atoms with Crippen LogP contribution in [0.4, 0.5) is 0 Å². The smallest absolute Gasteiger partial charge is 0.215 e. The third kappa shape index (κ3) is 3.10. The predicted molar refractivity (Wildman–Crippen MR) is 62.0 cm³/mol. The molecule has 0 saturated carbocycles. The zero-order valence-electron chi connectivity index (χ0n) is 9.11. The first-order valence-electron chi connectivity index (χ1n) is 4.65. The molecular formula is C12H14O2S. The second-order valence-corrected chi connectivity index (χ2v) is 6.64. The molecular weight excluding hydrogens is 208 g/mol. The van der Waals surface area contributed by atoms with Crippen LogP contribution in [0.3, 0.4) is 0 Å². The van der Waals surface area contributed by atoms with Crippen LogP contribution >= 0.6 is 0 Å². The molecule has 0 aromatic heterocycles. The molecule has 0 radical (unpaired) electrons. The molecule has 3 heteroatoms.